The van der Waals surface area contributed by atoms with Gasteiger partial charge in [0.2, 0.25) is 23.6 Å². The summed E-state index contributed by atoms with van der Waals surface area (Å²) >= 11 is 0.667. The first-order chi connectivity index (χ1) is 15.2. The van der Waals surface area contributed by atoms with Crippen LogP contribution in [0.4, 0.5) is 19.1 Å². The van der Waals surface area contributed by atoms with Crippen LogP contribution in [0.25, 0.3) is 0 Å². The first kappa shape index (κ1) is 23.5. The van der Waals surface area contributed by atoms with Gasteiger partial charge in [0, 0.05) is 25.2 Å². The number of esters is 1. The lowest BCUT2D eigenvalue weighted by atomic mass is 10.4. The molecule has 0 radical (unpaired) electrons. The zero-order valence-corrected chi connectivity index (χ0v) is 17.8. The summed E-state index contributed by atoms with van der Waals surface area (Å²) in [6, 6.07) is 0.512. The zero-order valence-electron chi connectivity index (χ0n) is 17.0. The van der Waals surface area contributed by atoms with Gasteiger partial charge in [-0.2, -0.15) is 28.1 Å². The molecule has 3 heterocycles. The molecular formula is C18H18F3N5O5S. The Labute approximate surface area is 184 Å². The van der Waals surface area contributed by atoms with Gasteiger partial charge in [-0.3, -0.25) is 0 Å². The third-order valence-electron chi connectivity index (χ3n) is 4.01. The van der Waals surface area contributed by atoms with Gasteiger partial charge in [-0.15, -0.1) is 0 Å². The molecule has 0 N–H and O–H groups in total. The zero-order chi connectivity index (χ0) is 23.3. The van der Waals surface area contributed by atoms with E-state index in [-0.39, 0.29) is 21.8 Å². The summed E-state index contributed by atoms with van der Waals surface area (Å²) < 4.78 is 60.6. The van der Waals surface area contributed by atoms with E-state index in [0.717, 1.165) is 6.08 Å². The van der Waals surface area contributed by atoms with E-state index < -0.39 is 23.7 Å². The molecule has 0 atom stereocenters. The predicted octanol–water partition coefficient (Wildman–Crippen LogP) is 2.38. The van der Waals surface area contributed by atoms with Crippen molar-refractivity contribution < 1.29 is 36.9 Å². The molecule has 0 amide bonds. The van der Waals surface area contributed by atoms with Crippen LogP contribution in [-0.4, -0.2) is 66.4 Å². The summed E-state index contributed by atoms with van der Waals surface area (Å²) in [7, 11) is 2.69. The second-order valence-electron chi connectivity index (χ2n) is 6.07. The molecule has 172 valence electrons. The van der Waals surface area contributed by atoms with Gasteiger partial charge >= 0.3 is 12.1 Å². The molecule has 2 aromatic rings. The Hall–Kier alpha value is -3.13. The number of nitrogens with zero attached hydrogens (tertiary/aromatic N) is 5. The van der Waals surface area contributed by atoms with Gasteiger partial charge in [0.1, 0.15) is 4.90 Å². The fourth-order valence-electron chi connectivity index (χ4n) is 2.55. The van der Waals surface area contributed by atoms with E-state index in [2.05, 4.69) is 26.5 Å². The number of alkyl halides is 3. The van der Waals surface area contributed by atoms with Crippen LogP contribution >= 0.6 is 11.8 Å². The van der Waals surface area contributed by atoms with Crippen LogP contribution in [0.15, 0.2) is 28.8 Å². The highest BCUT2D eigenvalue weighted by Gasteiger charge is 2.35. The largest absolute Gasteiger partial charge is 0.480 e. The summed E-state index contributed by atoms with van der Waals surface area (Å²) in [6.07, 6.45) is -4.01. The summed E-state index contributed by atoms with van der Waals surface area (Å²) in [5, 5.41) is -0.383. The van der Waals surface area contributed by atoms with Crippen molar-refractivity contribution in [1.82, 2.24) is 19.9 Å². The van der Waals surface area contributed by atoms with E-state index in [1.54, 1.807) is 0 Å². The molecule has 0 aromatic carbocycles. The van der Waals surface area contributed by atoms with E-state index in [1.807, 2.05) is 4.90 Å². The van der Waals surface area contributed by atoms with Crippen LogP contribution in [-0.2, 0) is 15.7 Å². The predicted molar refractivity (Wildman–Crippen MR) is 105 cm³/mol. The topological polar surface area (TPSA) is 109 Å². The Morgan fingerprint density at radius 3 is 2.31 bits per heavy atom. The summed E-state index contributed by atoms with van der Waals surface area (Å²) in [5.41, 5.74) is -1.30. The summed E-state index contributed by atoms with van der Waals surface area (Å²) in [5.74, 6) is -1.15. The molecule has 1 aliphatic rings. The average molecular weight is 473 g/mol. The van der Waals surface area contributed by atoms with Crippen molar-refractivity contribution in [3.63, 3.8) is 0 Å². The van der Waals surface area contributed by atoms with Crippen molar-refractivity contribution in [2.75, 3.05) is 45.4 Å². The number of anilines is 1. The van der Waals surface area contributed by atoms with Crippen molar-refractivity contribution >= 4 is 23.7 Å². The van der Waals surface area contributed by atoms with Crippen LogP contribution in [0.1, 0.15) is 5.69 Å². The molecule has 32 heavy (non-hydrogen) atoms. The van der Waals surface area contributed by atoms with Crippen LogP contribution in [0.5, 0.6) is 17.6 Å². The van der Waals surface area contributed by atoms with Gasteiger partial charge in [-0.05, 0) is 11.8 Å². The smallest absolute Gasteiger partial charge is 0.433 e. The summed E-state index contributed by atoms with van der Waals surface area (Å²) in [4.78, 5) is 29.5. The van der Waals surface area contributed by atoms with Gasteiger partial charge in [0.05, 0.1) is 27.4 Å². The fraction of sp³-hybridized carbons (Fsp3) is 0.389. The second kappa shape index (κ2) is 9.99. The Morgan fingerprint density at radius 2 is 1.78 bits per heavy atom. The van der Waals surface area contributed by atoms with E-state index >= 15 is 0 Å². The minimum Gasteiger partial charge on any atom is -0.480 e. The molecule has 1 aliphatic heterocycles. The molecule has 3 rings (SSSR count). The van der Waals surface area contributed by atoms with Crippen LogP contribution in [0.3, 0.4) is 0 Å². The van der Waals surface area contributed by atoms with Crippen molar-refractivity contribution in [3.05, 3.63) is 24.4 Å². The maximum Gasteiger partial charge on any atom is 0.433 e. The summed E-state index contributed by atoms with van der Waals surface area (Å²) in [6.45, 7) is 5.29. The standard InChI is InChI=1S/C18H18F3N5O5S/c1-4-12(27)31-11-9-10(18(19,20)21)22-17(23-11)32-13-14(28-2)24-16(25-15(13)29-3)26-5-7-30-8-6-26/h4,9H,1,5-8H2,2-3H3. The number of hydrogen-bond donors (Lipinski definition) is 0. The van der Waals surface area contributed by atoms with Crippen LogP contribution in [0, 0.1) is 0 Å². The molecule has 0 saturated carbocycles. The van der Waals surface area contributed by atoms with Crippen LogP contribution < -0.4 is 19.1 Å². The van der Waals surface area contributed by atoms with Crippen molar-refractivity contribution in [2.45, 2.75) is 16.2 Å². The van der Waals surface area contributed by atoms with Gasteiger partial charge in [0.15, 0.2) is 10.9 Å². The minimum atomic E-state index is -4.81. The lowest BCUT2D eigenvalue weighted by molar-refractivity contribution is -0.142. The molecule has 0 bridgehead atoms. The van der Waals surface area contributed by atoms with Gasteiger partial charge < -0.3 is 23.8 Å². The van der Waals surface area contributed by atoms with E-state index in [4.69, 9.17) is 18.9 Å². The molecule has 14 heteroatoms. The number of methoxy groups -OCH3 is 2. The number of carbonyl (C=O) groups excluding carboxylic acids is 1. The third-order valence-corrected chi connectivity index (χ3v) is 4.93. The number of aromatic nitrogens is 4. The van der Waals surface area contributed by atoms with E-state index in [9.17, 15) is 18.0 Å². The molecular weight excluding hydrogens is 455 g/mol. The lowest BCUT2D eigenvalue weighted by Crippen LogP contribution is -2.37. The highest BCUT2D eigenvalue weighted by atomic mass is 32.2. The Bertz CT molecular complexity index is 976. The number of rotatable bonds is 7. The van der Waals surface area contributed by atoms with Gasteiger partial charge in [0.25, 0.3) is 0 Å². The fourth-order valence-corrected chi connectivity index (χ4v) is 3.45. The lowest BCUT2D eigenvalue weighted by Gasteiger charge is -2.27. The minimum absolute atomic E-state index is 0.0500. The van der Waals surface area contributed by atoms with Crippen molar-refractivity contribution in [1.29, 1.82) is 0 Å². The van der Waals surface area contributed by atoms with E-state index in [1.165, 1.54) is 14.2 Å². The van der Waals surface area contributed by atoms with Crippen molar-refractivity contribution in [2.24, 2.45) is 0 Å². The molecule has 0 aliphatic carbocycles. The third kappa shape index (κ3) is 5.56. The molecule has 1 saturated heterocycles. The normalized spacial score (nSPS) is 14.1. The first-order valence-corrected chi connectivity index (χ1v) is 9.88. The number of carbonyl (C=O) groups is 1. The Balaban J connectivity index is 2.01. The quantitative estimate of drug-likeness (QED) is 0.336. The molecule has 0 unspecified atom stereocenters. The molecule has 10 nitrogen and oxygen atoms in total. The maximum atomic E-state index is 13.3. The first-order valence-electron chi connectivity index (χ1n) is 9.06. The van der Waals surface area contributed by atoms with E-state index in [0.29, 0.717) is 50.1 Å². The van der Waals surface area contributed by atoms with Crippen LogP contribution in [0.2, 0.25) is 0 Å². The number of hydrogen-bond acceptors (Lipinski definition) is 11. The molecule has 1 fully saturated rings. The SMILES string of the molecule is C=CC(=O)Oc1cc(C(F)(F)F)nc(Sc2c(OC)nc(N3CCOCC3)nc2OC)n1. The second-order valence-corrected chi connectivity index (χ2v) is 7.05. The number of halogens is 3. The molecule has 2 aromatic heterocycles. The average Bonchev–Trinajstić information content (AvgIpc) is 2.78. The maximum absolute atomic E-state index is 13.3. The number of ether oxygens (including phenoxy) is 4. The Kier molecular flexibility index (Phi) is 7.35. The van der Waals surface area contributed by atoms with Crippen molar-refractivity contribution in [3.8, 4) is 17.6 Å². The van der Waals surface area contributed by atoms with Gasteiger partial charge in [-0.25, -0.2) is 9.78 Å². The van der Waals surface area contributed by atoms with Gasteiger partial charge in [-0.1, -0.05) is 6.58 Å². The monoisotopic (exact) mass is 473 g/mol. The highest BCUT2D eigenvalue weighted by molar-refractivity contribution is 7.99. The number of morpholine rings is 1. The Morgan fingerprint density at radius 1 is 1.16 bits per heavy atom. The highest BCUT2D eigenvalue weighted by Crippen LogP contribution is 2.41. The molecule has 0 spiro atoms.